The Morgan fingerprint density at radius 2 is 2.46 bits per heavy atom. The van der Waals surface area contributed by atoms with Crippen LogP contribution in [0.2, 0.25) is 0 Å². The van der Waals surface area contributed by atoms with Gasteiger partial charge >= 0.3 is 0 Å². The molecule has 0 spiro atoms. The lowest BCUT2D eigenvalue weighted by molar-refractivity contribution is -0.119. The van der Waals surface area contributed by atoms with Crippen LogP contribution in [0, 0.1) is 0 Å². The van der Waals surface area contributed by atoms with Crippen molar-refractivity contribution in [2.75, 3.05) is 19.6 Å². The van der Waals surface area contributed by atoms with Gasteiger partial charge in [-0.1, -0.05) is 0 Å². The van der Waals surface area contributed by atoms with E-state index in [0.29, 0.717) is 6.42 Å². The van der Waals surface area contributed by atoms with E-state index in [9.17, 15) is 9.59 Å². The summed E-state index contributed by atoms with van der Waals surface area (Å²) in [7, 11) is 0. The van der Waals surface area contributed by atoms with E-state index in [0.717, 1.165) is 32.3 Å². The molecule has 13 heavy (non-hydrogen) atoms. The summed E-state index contributed by atoms with van der Waals surface area (Å²) in [6, 6.07) is 0.282. The van der Waals surface area contributed by atoms with E-state index in [1.54, 1.807) is 0 Å². The van der Waals surface area contributed by atoms with Crippen molar-refractivity contribution in [2.45, 2.75) is 25.8 Å². The van der Waals surface area contributed by atoms with Crippen LogP contribution >= 0.6 is 0 Å². The number of nitrogens with one attached hydrogen (secondary N) is 1. The minimum atomic E-state index is 0.0298. The molecule has 0 aromatic rings. The highest BCUT2D eigenvalue weighted by Crippen LogP contribution is 2.08. The van der Waals surface area contributed by atoms with Crippen molar-refractivity contribution < 1.29 is 9.59 Å². The fraction of sp³-hybridized carbons (Fsp3) is 0.778. The molecule has 1 aliphatic rings. The molecule has 1 heterocycles. The zero-order chi connectivity index (χ0) is 9.68. The Morgan fingerprint density at radius 1 is 1.69 bits per heavy atom. The van der Waals surface area contributed by atoms with Crippen LogP contribution in [-0.2, 0) is 9.59 Å². The monoisotopic (exact) mass is 184 g/mol. The van der Waals surface area contributed by atoms with Crippen LogP contribution in [0.5, 0.6) is 0 Å². The molecule has 0 aromatic heterocycles. The Labute approximate surface area is 78.3 Å². The van der Waals surface area contributed by atoms with E-state index in [4.69, 9.17) is 0 Å². The van der Waals surface area contributed by atoms with Crippen LogP contribution in [-0.4, -0.2) is 42.8 Å². The highest BCUT2D eigenvalue weighted by molar-refractivity contribution is 5.73. The molecule has 0 radical (unpaired) electrons. The minimum absolute atomic E-state index is 0.0298. The van der Waals surface area contributed by atoms with Gasteiger partial charge in [0.15, 0.2) is 0 Å². The maximum absolute atomic E-state index is 10.7. The van der Waals surface area contributed by atoms with Gasteiger partial charge in [-0.05, 0) is 6.42 Å². The van der Waals surface area contributed by atoms with Gasteiger partial charge in [-0.15, -0.1) is 0 Å². The van der Waals surface area contributed by atoms with Gasteiger partial charge in [0.1, 0.15) is 6.29 Å². The van der Waals surface area contributed by atoms with Crippen LogP contribution in [0.1, 0.15) is 19.8 Å². The summed E-state index contributed by atoms with van der Waals surface area (Å²) in [5.41, 5.74) is 0. The van der Waals surface area contributed by atoms with E-state index in [1.807, 2.05) is 0 Å². The second kappa shape index (κ2) is 4.97. The fourth-order valence-electron chi connectivity index (χ4n) is 1.68. The second-order valence-corrected chi connectivity index (χ2v) is 3.44. The number of likely N-dealkylation sites (tertiary alicyclic amines) is 1. The lowest BCUT2D eigenvalue weighted by Gasteiger charge is -2.14. The molecule has 1 atom stereocenters. The maximum Gasteiger partial charge on any atom is 0.217 e. The van der Waals surface area contributed by atoms with Crippen LogP contribution in [0.25, 0.3) is 0 Å². The van der Waals surface area contributed by atoms with Crippen LogP contribution < -0.4 is 5.32 Å². The van der Waals surface area contributed by atoms with Crippen LogP contribution in [0.3, 0.4) is 0 Å². The van der Waals surface area contributed by atoms with Gasteiger partial charge in [-0.25, -0.2) is 0 Å². The number of amides is 1. The first-order valence-electron chi connectivity index (χ1n) is 4.65. The fourth-order valence-corrected chi connectivity index (χ4v) is 1.68. The molecule has 1 rings (SSSR count). The summed E-state index contributed by atoms with van der Waals surface area (Å²) in [6.45, 7) is 4.22. The third-order valence-electron chi connectivity index (χ3n) is 2.24. The topological polar surface area (TPSA) is 49.4 Å². The lowest BCUT2D eigenvalue weighted by atomic mass is 10.2. The highest BCUT2D eigenvalue weighted by Gasteiger charge is 2.21. The van der Waals surface area contributed by atoms with Gasteiger partial charge in [-0.2, -0.15) is 0 Å². The molecule has 4 heteroatoms. The van der Waals surface area contributed by atoms with Crippen LogP contribution in [0.4, 0.5) is 0 Å². The van der Waals surface area contributed by atoms with Gasteiger partial charge in [0.25, 0.3) is 0 Å². The van der Waals surface area contributed by atoms with Crippen molar-refractivity contribution in [3.63, 3.8) is 0 Å². The van der Waals surface area contributed by atoms with Gasteiger partial charge in [0, 0.05) is 39.0 Å². The largest absolute Gasteiger partial charge is 0.352 e. The van der Waals surface area contributed by atoms with Crippen LogP contribution in [0.15, 0.2) is 0 Å². The van der Waals surface area contributed by atoms with Crippen molar-refractivity contribution >= 4 is 12.2 Å². The van der Waals surface area contributed by atoms with Gasteiger partial charge in [0.2, 0.25) is 5.91 Å². The molecule has 4 nitrogen and oxygen atoms in total. The SMILES string of the molecule is CC(=O)NC1CCN(CCC=O)C1. The number of nitrogens with zero attached hydrogens (tertiary/aromatic N) is 1. The summed E-state index contributed by atoms with van der Waals surface area (Å²) >= 11 is 0. The van der Waals surface area contributed by atoms with Crippen molar-refractivity contribution in [3.05, 3.63) is 0 Å². The lowest BCUT2D eigenvalue weighted by Crippen LogP contribution is -2.35. The Hall–Kier alpha value is -0.900. The average molecular weight is 184 g/mol. The van der Waals surface area contributed by atoms with E-state index in [1.165, 1.54) is 6.92 Å². The zero-order valence-corrected chi connectivity index (χ0v) is 7.95. The van der Waals surface area contributed by atoms with Gasteiger partial charge < -0.3 is 15.0 Å². The first kappa shape index (κ1) is 10.2. The number of rotatable bonds is 4. The van der Waals surface area contributed by atoms with E-state index in [2.05, 4.69) is 10.2 Å². The third-order valence-corrected chi connectivity index (χ3v) is 2.24. The van der Waals surface area contributed by atoms with Crippen molar-refractivity contribution in [2.24, 2.45) is 0 Å². The Balaban J connectivity index is 2.19. The Bertz CT molecular complexity index is 194. The minimum Gasteiger partial charge on any atom is -0.352 e. The van der Waals surface area contributed by atoms with Crippen molar-refractivity contribution in [1.29, 1.82) is 0 Å². The zero-order valence-electron chi connectivity index (χ0n) is 7.95. The quantitative estimate of drug-likeness (QED) is 0.615. The average Bonchev–Trinajstić information content (AvgIpc) is 2.48. The summed E-state index contributed by atoms with van der Waals surface area (Å²) in [5, 5.41) is 2.88. The summed E-state index contributed by atoms with van der Waals surface area (Å²) in [4.78, 5) is 23.1. The molecule has 0 bridgehead atoms. The molecule has 0 aliphatic carbocycles. The highest BCUT2D eigenvalue weighted by atomic mass is 16.1. The predicted octanol–water partition coefficient (Wildman–Crippen LogP) is -0.214. The summed E-state index contributed by atoms with van der Waals surface area (Å²) in [5.74, 6) is 0.0298. The van der Waals surface area contributed by atoms with E-state index >= 15 is 0 Å². The molecule has 0 saturated carbocycles. The van der Waals surface area contributed by atoms with Gasteiger partial charge in [0.05, 0.1) is 0 Å². The number of hydrogen-bond donors (Lipinski definition) is 1. The number of carbonyl (C=O) groups is 2. The van der Waals surface area contributed by atoms with Gasteiger partial charge in [-0.3, -0.25) is 4.79 Å². The molecule has 1 N–H and O–H groups in total. The molecule has 1 unspecified atom stereocenters. The number of carbonyl (C=O) groups excluding carboxylic acids is 2. The molecule has 74 valence electrons. The first-order valence-corrected chi connectivity index (χ1v) is 4.65. The number of hydrogen-bond acceptors (Lipinski definition) is 3. The van der Waals surface area contributed by atoms with E-state index < -0.39 is 0 Å². The summed E-state index contributed by atoms with van der Waals surface area (Å²) in [6.07, 6.45) is 2.52. The normalized spacial score (nSPS) is 23.0. The molecular formula is C9H16N2O2. The smallest absolute Gasteiger partial charge is 0.217 e. The summed E-state index contributed by atoms with van der Waals surface area (Å²) < 4.78 is 0. The molecular weight excluding hydrogens is 168 g/mol. The van der Waals surface area contributed by atoms with Crippen molar-refractivity contribution in [3.8, 4) is 0 Å². The Morgan fingerprint density at radius 3 is 3.08 bits per heavy atom. The molecule has 1 fully saturated rings. The maximum atomic E-state index is 10.7. The second-order valence-electron chi connectivity index (χ2n) is 3.44. The molecule has 1 aliphatic heterocycles. The first-order chi connectivity index (χ1) is 6.22. The standard InChI is InChI=1S/C9H16N2O2/c1-8(13)10-9-3-5-11(7-9)4-2-6-12/h6,9H,2-5,7H2,1H3,(H,10,13). The third kappa shape index (κ3) is 3.55. The van der Waals surface area contributed by atoms with E-state index in [-0.39, 0.29) is 11.9 Å². The molecule has 0 aromatic carbocycles. The predicted molar refractivity (Wildman–Crippen MR) is 49.3 cm³/mol. The number of aldehydes is 1. The molecule has 1 amide bonds. The molecule has 1 saturated heterocycles. The van der Waals surface area contributed by atoms with Crippen molar-refractivity contribution in [1.82, 2.24) is 10.2 Å². The Kier molecular flexibility index (Phi) is 3.89.